The number of nitrogens with one attached hydrogen (secondary N) is 1. The lowest BCUT2D eigenvalue weighted by Crippen LogP contribution is -2.49. The van der Waals surface area contributed by atoms with Crippen LogP contribution in [-0.2, 0) is 9.16 Å². The number of aliphatic hydroxyl groups excluding tert-OH is 1. The van der Waals surface area contributed by atoms with E-state index in [2.05, 4.69) is 49.2 Å². The number of nitrogens with zero attached hydrogens (tertiary/aromatic N) is 3. The maximum atomic E-state index is 12.0. The van der Waals surface area contributed by atoms with Crippen LogP contribution in [0, 0.1) is 5.92 Å². The quantitative estimate of drug-likeness (QED) is 0.291. The highest BCUT2D eigenvalue weighted by Crippen LogP contribution is 2.36. The summed E-state index contributed by atoms with van der Waals surface area (Å²) in [4.78, 5) is 14.8. The number of carbonyl (C=O) groups is 1. The van der Waals surface area contributed by atoms with E-state index in [1.165, 1.54) is 0 Å². The summed E-state index contributed by atoms with van der Waals surface area (Å²) in [7, 11) is -2.00. The van der Waals surface area contributed by atoms with Crippen LogP contribution >= 0.6 is 0 Å². The van der Waals surface area contributed by atoms with Gasteiger partial charge in [-0.15, -0.1) is 0 Å². The second kappa shape index (κ2) is 9.42. The summed E-state index contributed by atoms with van der Waals surface area (Å²) < 4.78 is 11.4. The van der Waals surface area contributed by atoms with E-state index in [-0.39, 0.29) is 30.7 Å². The molecule has 0 saturated heterocycles. The Morgan fingerprint density at radius 3 is 2.24 bits per heavy atom. The molecule has 0 aliphatic rings. The third-order valence-corrected chi connectivity index (χ3v) is 8.81. The Morgan fingerprint density at radius 1 is 1.28 bits per heavy atom. The molecule has 2 atom stereocenters. The first-order valence-electron chi connectivity index (χ1n) is 8.48. The molecule has 8 nitrogen and oxygen atoms in total. The van der Waals surface area contributed by atoms with Crippen LogP contribution in [0.4, 0.5) is 4.79 Å². The van der Waals surface area contributed by atoms with Gasteiger partial charge in [0.25, 0.3) is 0 Å². The summed E-state index contributed by atoms with van der Waals surface area (Å²) in [5.74, 6) is -0.345. The van der Waals surface area contributed by atoms with Crippen molar-refractivity contribution in [2.24, 2.45) is 11.0 Å². The molecule has 0 aliphatic carbocycles. The molecule has 0 aromatic heterocycles. The minimum Gasteiger partial charge on any atom is -0.444 e. The molecule has 0 radical (unpaired) electrons. The van der Waals surface area contributed by atoms with Crippen LogP contribution in [0.5, 0.6) is 0 Å². The van der Waals surface area contributed by atoms with Gasteiger partial charge in [-0.05, 0) is 44.4 Å². The van der Waals surface area contributed by atoms with Gasteiger partial charge in [0, 0.05) is 24.0 Å². The van der Waals surface area contributed by atoms with Crippen molar-refractivity contribution in [2.45, 2.75) is 71.3 Å². The fraction of sp³-hybridized carbons (Fsp3) is 0.938. The fourth-order valence-corrected chi connectivity index (χ4v) is 2.80. The van der Waals surface area contributed by atoms with Gasteiger partial charge in [-0.2, -0.15) is 0 Å². The number of aliphatic hydroxyl groups is 1. The first-order valence-corrected chi connectivity index (χ1v) is 11.4. The van der Waals surface area contributed by atoms with Crippen LogP contribution < -0.4 is 5.32 Å². The number of ether oxygens (including phenoxy) is 1. The van der Waals surface area contributed by atoms with E-state index in [0.29, 0.717) is 0 Å². The lowest BCUT2D eigenvalue weighted by Gasteiger charge is -2.38. The maximum Gasteiger partial charge on any atom is 0.407 e. The van der Waals surface area contributed by atoms with Crippen molar-refractivity contribution in [1.29, 1.82) is 0 Å². The molecule has 0 rings (SSSR count). The zero-order chi connectivity index (χ0) is 19.9. The molecule has 0 bridgehead atoms. The van der Waals surface area contributed by atoms with Gasteiger partial charge in [-0.3, -0.25) is 0 Å². The van der Waals surface area contributed by atoms with Crippen LogP contribution in [0.2, 0.25) is 18.1 Å². The number of amides is 1. The van der Waals surface area contributed by atoms with Crippen molar-refractivity contribution in [3.05, 3.63) is 10.4 Å². The molecule has 9 heteroatoms. The lowest BCUT2D eigenvalue weighted by atomic mass is 10.0. The van der Waals surface area contributed by atoms with E-state index < -0.39 is 26.1 Å². The van der Waals surface area contributed by atoms with Crippen LogP contribution in [0.25, 0.3) is 10.4 Å². The molecule has 146 valence electrons. The summed E-state index contributed by atoms with van der Waals surface area (Å²) in [6, 6.07) is -0.620. The predicted octanol–water partition coefficient (Wildman–Crippen LogP) is 3.82. The summed E-state index contributed by atoms with van der Waals surface area (Å²) in [5, 5.41) is 16.0. The van der Waals surface area contributed by atoms with Crippen molar-refractivity contribution in [3.8, 4) is 0 Å². The van der Waals surface area contributed by atoms with Crippen molar-refractivity contribution < 1.29 is 19.1 Å². The molecule has 0 saturated carbocycles. The Bertz CT molecular complexity index is 480. The molecule has 0 aliphatic heterocycles. The molecule has 1 amide bonds. The number of alkyl carbamates (subject to hydrolysis) is 1. The molecule has 25 heavy (non-hydrogen) atoms. The first-order chi connectivity index (χ1) is 11.2. The number of hydrogen-bond acceptors (Lipinski definition) is 5. The van der Waals surface area contributed by atoms with Crippen LogP contribution in [-0.4, -0.2) is 50.9 Å². The first kappa shape index (κ1) is 23.7. The largest absolute Gasteiger partial charge is 0.444 e. The predicted molar refractivity (Wildman–Crippen MR) is 101 cm³/mol. The standard InChI is InChI=1S/C16H34N4O4Si/c1-15(2,3)24-14(22)19-13(10-21)12(9-18-20-17)11-23-25(7,8)16(4,5)6/h12-13,21H,9-11H2,1-8H3,(H,19,22)/t12-,13+/m0/s1. The molecule has 0 fully saturated rings. The molecular weight excluding hydrogens is 340 g/mol. The Balaban J connectivity index is 5.08. The smallest absolute Gasteiger partial charge is 0.407 e. The van der Waals surface area contributed by atoms with E-state index >= 15 is 0 Å². The Labute approximate surface area is 152 Å². The van der Waals surface area contributed by atoms with E-state index in [1.807, 2.05) is 0 Å². The summed E-state index contributed by atoms with van der Waals surface area (Å²) in [6.07, 6.45) is -0.621. The van der Waals surface area contributed by atoms with Gasteiger partial charge in [0.1, 0.15) is 5.60 Å². The highest BCUT2D eigenvalue weighted by Gasteiger charge is 2.38. The van der Waals surface area contributed by atoms with E-state index in [4.69, 9.17) is 14.7 Å². The third-order valence-electron chi connectivity index (χ3n) is 4.31. The minimum atomic E-state index is -2.00. The summed E-state index contributed by atoms with van der Waals surface area (Å²) in [5.41, 5.74) is 7.98. The van der Waals surface area contributed by atoms with Gasteiger partial charge in [-0.25, -0.2) is 4.79 Å². The van der Waals surface area contributed by atoms with Gasteiger partial charge in [-0.1, -0.05) is 25.9 Å². The third kappa shape index (κ3) is 9.11. The minimum absolute atomic E-state index is 0.0311. The highest BCUT2D eigenvalue weighted by molar-refractivity contribution is 6.74. The second-order valence-electron chi connectivity index (χ2n) is 8.68. The average molecular weight is 375 g/mol. The molecule has 0 unspecified atom stereocenters. The fourth-order valence-electron chi connectivity index (χ4n) is 1.74. The molecule has 0 spiro atoms. The van der Waals surface area contributed by atoms with Crippen molar-refractivity contribution in [3.63, 3.8) is 0 Å². The number of rotatable bonds is 8. The lowest BCUT2D eigenvalue weighted by molar-refractivity contribution is 0.0436. The van der Waals surface area contributed by atoms with Crippen LogP contribution in [0.3, 0.4) is 0 Å². The summed E-state index contributed by atoms with van der Waals surface area (Å²) in [6.45, 7) is 16.0. The highest BCUT2D eigenvalue weighted by atomic mass is 28.4. The SMILES string of the molecule is CC(C)(C)OC(=O)N[C@H](CO)[C@@H](CN=[N+]=[N-])CO[Si](C)(C)C(C)(C)C. The second-order valence-corrected chi connectivity index (χ2v) is 13.5. The van der Waals surface area contributed by atoms with Crippen LogP contribution in [0.15, 0.2) is 5.11 Å². The number of hydrogen-bond donors (Lipinski definition) is 2. The van der Waals surface area contributed by atoms with Gasteiger partial charge >= 0.3 is 6.09 Å². The Morgan fingerprint density at radius 2 is 1.84 bits per heavy atom. The van der Waals surface area contributed by atoms with Gasteiger partial charge in [0.15, 0.2) is 8.32 Å². The topological polar surface area (TPSA) is 117 Å². The summed E-state index contributed by atoms with van der Waals surface area (Å²) >= 11 is 0. The Hall–Kier alpha value is -1.28. The van der Waals surface area contributed by atoms with E-state index in [9.17, 15) is 9.90 Å². The maximum absolute atomic E-state index is 12.0. The monoisotopic (exact) mass is 374 g/mol. The molecule has 2 N–H and O–H groups in total. The molecule has 0 heterocycles. The molecule has 0 aromatic rings. The van der Waals surface area contributed by atoms with Gasteiger partial charge < -0.3 is 19.6 Å². The normalized spacial score (nSPS) is 15.1. The Kier molecular flexibility index (Phi) is 8.94. The number of carbonyl (C=O) groups excluding carboxylic acids is 1. The van der Waals surface area contributed by atoms with Crippen LogP contribution in [0.1, 0.15) is 41.5 Å². The van der Waals surface area contributed by atoms with Crippen molar-refractivity contribution >= 4 is 14.4 Å². The number of azide groups is 1. The molecular formula is C16H34N4O4Si. The van der Waals surface area contributed by atoms with Gasteiger partial charge in [0.2, 0.25) is 0 Å². The van der Waals surface area contributed by atoms with Gasteiger partial charge in [0.05, 0.1) is 12.6 Å². The zero-order valence-electron chi connectivity index (χ0n) is 16.8. The van der Waals surface area contributed by atoms with Crippen molar-refractivity contribution in [1.82, 2.24) is 5.32 Å². The van der Waals surface area contributed by atoms with Crippen molar-refractivity contribution in [2.75, 3.05) is 19.8 Å². The average Bonchev–Trinajstić information content (AvgIpc) is 2.42. The van der Waals surface area contributed by atoms with E-state index in [1.54, 1.807) is 20.8 Å². The zero-order valence-corrected chi connectivity index (χ0v) is 17.8. The molecule has 0 aromatic carbocycles. The van der Waals surface area contributed by atoms with E-state index in [0.717, 1.165) is 0 Å².